The highest BCUT2D eigenvalue weighted by Gasteiger charge is 2.52. The van der Waals surface area contributed by atoms with Crippen LogP contribution in [0.25, 0.3) is 0 Å². The van der Waals surface area contributed by atoms with Gasteiger partial charge in [-0.25, -0.2) is 4.39 Å². The molecular formula is C10H20FNO2S. The van der Waals surface area contributed by atoms with E-state index >= 15 is 0 Å². The zero-order valence-corrected chi connectivity index (χ0v) is 10.4. The summed E-state index contributed by atoms with van der Waals surface area (Å²) < 4.78 is 28.0. The molecule has 0 spiro atoms. The Bertz CT molecular complexity index is 216. The molecule has 1 aliphatic rings. The highest BCUT2D eigenvalue weighted by Crippen LogP contribution is 2.44. The molecule has 0 aromatic carbocycles. The first kappa shape index (κ1) is 13.2. The maximum Gasteiger partial charge on any atom is 0.136 e. The van der Waals surface area contributed by atoms with E-state index in [1.54, 1.807) is 0 Å². The SMILES string of the molecule is CC(C)(C)[S@@+]([O-])N[C@@H](CCO)C1(F)CC1. The van der Waals surface area contributed by atoms with Crippen molar-refractivity contribution in [1.29, 1.82) is 0 Å². The van der Waals surface area contributed by atoms with Crippen molar-refractivity contribution in [2.45, 2.75) is 56.5 Å². The van der Waals surface area contributed by atoms with Crippen molar-refractivity contribution in [2.24, 2.45) is 0 Å². The predicted molar refractivity (Wildman–Crippen MR) is 59.6 cm³/mol. The van der Waals surface area contributed by atoms with Gasteiger partial charge in [0.15, 0.2) is 0 Å². The number of nitrogens with one attached hydrogen (secondary N) is 1. The van der Waals surface area contributed by atoms with Crippen LogP contribution in [-0.4, -0.2) is 32.7 Å². The van der Waals surface area contributed by atoms with Crippen molar-refractivity contribution < 1.29 is 14.0 Å². The Kier molecular flexibility index (Phi) is 4.03. The summed E-state index contributed by atoms with van der Waals surface area (Å²) in [5, 5.41) is 8.84. The lowest BCUT2D eigenvalue weighted by molar-refractivity contribution is 0.194. The van der Waals surface area contributed by atoms with Gasteiger partial charge >= 0.3 is 0 Å². The Labute approximate surface area is 93.8 Å². The Balaban J connectivity index is 2.52. The van der Waals surface area contributed by atoms with E-state index in [1.165, 1.54) is 0 Å². The molecule has 0 radical (unpaired) electrons. The Morgan fingerprint density at radius 3 is 2.40 bits per heavy atom. The van der Waals surface area contributed by atoms with Crippen LogP contribution < -0.4 is 4.72 Å². The quantitative estimate of drug-likeness (QED) is 0.708. The van der Waals surface area contributed by atoms with E-state index in [9.17, 15) is 8.94 Å². The van der Waals surface area contributed by atoms with Crippen molar-refractivity contribution in [3.63, 3.8) is 0 Å². The Morgan fingerprint density at radius 2 is 2.07 bits per heavy atom. The Morgan fingerprint density at radius 1 is 1.53 bits per heavy atom. The van der Waals surface area contributed by atoms with Crippen LogP contribution in [0.2, 0.25) is 0 Å². The molecule has 0 bridgehead atoms. The zero-order chi connectivity index (χ0) is 11.7. The van der Waals surface area contributed by atoms with Crippen molar-refractivity contribution in [3.8, 4) is 0 Å². The van der Waals surface area contributed by atoms with Gasteiger partial charge in [0.25, 0.3) is 0 Å². The van der Waals surface area contributed by atoms with Gasteiger partial charge in [-0.1, -0.05) is 0 Å². The molecule has 1 rings (SSSR count). The molecule has 15 heavy (non-hydrogen) atoms. The summed E-state index contributed by atoms with van der Waals surface area (Å²) >= 11 is -1.28. The number of hydrogen-bond acceptors (Lipinski definition) is 3. The lowest BCUT2D eigenvalue weighted by atomic mass is 10.1. The molecule has 1 fully saturated rings. The van der Waals surface area contributed by atoms with Gasteiger partial charge in [0.2, 0.25) is 0 Å². The summed E-state index contributed by atoms with van der Waals surface area (Å²) in [4.78, 5) is 0. The summed E-state index contributed by atoms with van der Waals surface area (Å²) in [6.45, 7) is 5.43. The Hall–Kier alpha value is 0.160. The number of rotatable bonds is 5. The van der Waals surface area contributed by atoms with E-state index in [0.29, 0.717) is 19.3 Å². The second-order valence-corrected chi connectivity index (χ2v) is 7.10. The van der Waals surface area contributed by atoms with Gasteiger partial charge in [-0.2, -0.15) is 0 Å². The zero-order valence-electron chi connectivity index (χ0n) is 9.55. The van der Waals surface area contributed by atoms with Crippen LogP contribution in [0.1, 0.15) is 40.0 Å². The van der Waals surface area contributed by atoms with Crippen molar-refractivity contribution >= 4 is 11.4 Å². The summed E-state index contributed by atoms with van der Waals surface area (Å²) in [6.07, 6.45) is 1.33. The molecule has 0 aromatic rings. The van der Waals surface area contributed by atoms with Gasteiger partial charge in [0.1, 0.15) is 10.4 Å². The molecule has 2 atom stereocenters. The van der Waals surface area contributed by atoms with Gasteiger partial charge in [-0.15, -0.1) is 4.72 Å². The number of halogens is 1. The van der Waals surface area contributed by atoms with Crippen LogP contribution in [0.5, 0.6) is 0 Å². The number of aliphatic hydroxyl groups is 1. The first-order valence-corrected chi connectivity index (χ1v) is 6.42. The molecule has 0 saturated heterocycles. The largest absolute Gasteiger partial charge is 0.598 e. The predicted octanol–water partition coefficient (Wildman–Crippen LogP) is 1.29. The van der Waals surface area contributed by atoms with Gasteiger partial charge in [0.05, 0.1) is 6.04 Å². The van der Waals surface area contributed by atoms with E-state index in [1.807, 2.05) is 20.8 Å². The molecule has 5 heteroatoms. The lowest BCUT2D eigenvalue weighted by Gasteiger charge is -2.29. The summed E-state index contributed by atoms with van der Waals surface area (Å²) in [5.74, 6) is 0. The molecular weight excluding hydrogens is 217 g/mol. The molecule has 0 aromatic heterocycles. The third-order valence-electron chi connectivity index (χ3n) is 2.58. The van der Waals surface area contributed by atoms with Gasteiger partial charge in [-0.05, 0) is 40.0 Å². The second kappa shape index (κ2) is 4.57. The van der Waals surface area contributed by atoms with Gasteiger partial charge in [-0.3, -0.25) is 0 Å². The minimum atomic E-state index is -1.28. The van der Waals surface area contributed by atoms with E-state index in [2.05, 4.69) is 4.72 Å². The molecule has 1 saturated carbocycles. The van der Waals surface area contributed by atoms with Crippen molar-refractivity contribution in [2.75, 3.05) is 6.61 Å². The first-order valence-electron chi connectivity index (χ1n) is 5.27. The normalized spacial score (nSPS) is 23.6. The van der Waals surface area contributed by atoms with E-state index in [4.69, 9.17) is 5.11 Å². The fraction of sp³-hybridized carbons (Fsp3) is 1.00. The summed E-state index contributed by atoms with van der Waals surface area (Å²) in [5.41, 5.74) is -1.25. The van der Waals surface area contributed by atoms with Crippen LogP contribution >= 0.6 is 0 Å². The first-order chi connectivity index (χ1) is 6.79. The van der Waals surface area contributed by atoms with Crippen LogP contribution in [0.3, 0.4) is 0 Å². The van der Waals surface area contributed by atoms with E-state index in [0.717, 1.165) is 0 Å². The molecule has 0 aliphatic heterocycles. The van der Waals surface area contributed by atoms with Crippen LogP contribution in [0.15, 0.2) is 0 Å². The van der Waals surface area contributed by atoms with E-state index in [-0.39, 0.29) is 6.61 Å². The van der Waals surface area contributed by atoms with Crippen molar-refractivity contribution in [3.05, 3.63) is 0 Å². The average molecular weight is 237 g/mol. The minimum absolute atomic E-state index is 0.0787. The average Bonchev–Trinajstić information content (AvgIpc) is 2.82. The van der Waals surface area contributed by atoms with Crippen LogP contribution in [0.4, 0.5) is 4.39 Å². The summed E-state index contributed by atoms with van der Waals surface area (Å²) in [7, 11) is 0. The molecule has 0 amide bonds. The van der Waals surface area contributed by atoms with E-state index < -0.39 is 27.8 Å². The van der Waals surface area contributed by atoms with Crippen LogP contribution in [-0.2, 0) is 11.4 Å². The number of aliphatic hydroxyl groups excluding tert-OH is 1. The smallest absolute Gasteiger partial charge is 0.136 e. The highest BCUT2D eigenvalue weighted by molar-refractivity contribution is 7.90. The molecule has 1 aliphatic carbocycles. The maximum absolute atomic E-state index is 13.8. The topological polar surface area (TPSA) is 55.3 Å². The molecule has 3 nitrogen and oxygen atoms in total. The minimum Gasteiger partial charge on any atom is -0.598 e. The third-order valence-corrected chi connectivity index (χ3v) is 4.19. The molecule has 0 unspecified atom stereocenters. The lowest BCUT2D eigenvalue weighted by Crippen LogP contribution is -2.49. The maximum atomic E-state index is 13.8. The van der Waals surface area contributed by atoms with Crippen molar-refractivity contribution in [1.82, 2.24) is 4.72 Å². The standard InChI is InChI=1S/C10H20FNO2S/c1-9(2,3)15(14)12-8(4-7-13)10(11)5-6-10/h8,12-13H,4-7H2,1-3H3/t8-,15+/m0/s1. The van der Waals surface area contributed by atoms with Gasteiger partial charge in [0, 0.05) is 18.0 Å². The molecule has 0 heterocycles. The number of hydrogen-bond donors (Lipinski definition) is 2. The number of alkyl halides is 1. The second-order valence-electron chi connectivity index (χ2n) is 5.10. The third kappa shape index (κ3) is 3.59. The fourth-order valence-corrected chi connectivity index (χ4v) is 2.27. The monoisotopic (exact) mass is 237 g/mol. The van der Waals surface area contributed by atoms with Crippen LogP contribution in [0, 0.1) is 0 Å². The highest BCUT2D eigenvalue weighted by atomic mass is 32.2. The van der Waals surface area contributed by atoms with Gasteiger partial charge < -0.3 is 9.66 Å². The summed E-state index contributed by atoms with van der Waals surface area (Å²) in [6, 6.07) is -0.484. The fourth-order valence-electron chi connectivity index (χ4n) is 1.33. The molecule has 90 valence electrons. The molecule has 2 N–H and O–H groups in total.